The van der Waals surface area contributed by atoms with Crippen LogP contribution in [0.1, 0.15) is 26.7 Å². The summed E-state index contributed by atoms with van der Waals surface area (Å²) in [6.45, 7) is 3.88. The minimum atomic E-state index is -0.889. The lowest BCUT2D eigenvalue weighted by Gasteiger charge is -2.28. The largest absolute Gasteiger partial charge is 0.479 e. The van der Waals surface area contributed by atoms with Gasteiger partial charge < -0.3 is 10.4 Å². The summed E-state index contributed by atoms with van der Waals surface area (Å²) >= 11 is 0. The monoisotopic (exact) mass is 181 g/mol. The number of rotatable bonds is 3. The van der Waals surface area contributed by atoms with Gasteiger partial charge in [-0.3, -0.25) is 0 Å². The highest BCUT2D eigenvalue weighted by Gasteiger charge is 2.34. The van der Waals surface area contributed by atoms with Crippen LogP contribution in [0, 0.1) is 0 Å². The predicted molar refractivity (Wildman–Crippen MR) is 51.3 cm³/mol. The van der Waals surface area contributed by atoms with Crippen LogP contribution in [0.3, 0.4) is 0 Å². The quantitative estimate of drug-likeness (QED) is 0.696. The van der Waals surface area contributed by atoms with Crippen LogP contribution < -0.4 is 5.32 Å². The summed E-state index contributed by atoms with van der Waals surface area (Å²) in [4.78, 5) is 11.0. The molecule has 1 unspecified atom stereocenters. The predicted octanol–water partition coefficient (Wildman–Crippen LogP) is 1.67. The van der Waals surface area contributed by atoms with Crippen molar-refractivity contribution in [3.8, 4) is 0 Å². The third-order valence-corrected chi connectivity index (χ3v) is 2.42. The molecule has 0 spiro atoms. The summed E-state index contributed by atoms with van der Waals surface area (Å²) < 4.78 is 0. The molecule has 0 aromatic carbocycles. The Morgan fingerprint density at radius 2 is 2.31 bits per heavy atom. The van der Waals surface area contributed by atoms with Gasteiger partial charge in [0.15, 0.2) is 5.54 Å². The average Bonchev–Trinajstić information content (AvgIpc) is 2.17. The second-order valence-corrected chi connectivity index (χ2v) is 3.18. The van der Waals surface area contributed by atoms with E-state index in [1.165, 1.54) is 0 Å². The normalized spacial score (nSPS) is 26.5. The molecule has 0 radical (unpaired) electrons. The molecule has 1 heterocycles. The maximum atomic E-state index is 11.0. The van der Waals surface area contributed by atoms with Crippen molar-refractivity contribution in [2.24, 2.45) is 0 Å². The fourth-order valence-electron chi connectivity index (χ4n) is 1.40. The molecule has 72 valence electrons. The minimum absolute atomic E-state index is 0.552. The summed E-state index contributed by atoms with van der Waals surface area (Å²) in [6, 6.07) is 0. The number of hydrogen-bond donors (Lipinski definition) is 2. The molecule has 1 aliphatic rings. The van der Waals surface area contributed by atoms with Crippen LogP contribution >= 0.6 is 0 Å². The highest BCUT2D eigenvalue weighted by molar-refractivity contribution is 5.82. The Balaban J connectivity index is 2.97. The molecule has 1 rings (SSSR count). The number of carbonyl (C=O) groups is 1. The van der Waals surface area contributed by atoms with Gasteiger partial charge in [-0.05, 0) is 36.8 Å². The number of dihydropyridines is 1. The number of aliphatic carboxylic acids is 1. The van der Waals surface area contributed by atoms with Gasteiger partial charge in [0.2, 0.25) is 0 Å². The van der Waals surface area contributed by atoms with E-state index in [9.17, 15) is 4.79 Å². The third kappa shape index (κ3) is 1.74. The minimum Gasteiger partial charge on any atom is -0.479 e. The Bertz CT molecular complexity index is 268. The molecule has 3 nitrogen and oxygen atoms in total. The molecule has 0 fully saturated rings. The van der Waals surface area contributed by atoms with E-state index in [2.05, 4.69) is 5.32 Å². The number of nitrogens with one attached hydrogen (secondary N) is 1. The van der Waals surface area contributed by atoms with E-state index in [-0.39, 0.29) is 0 Å². The van der Waals surface area contributed by atoms with Gasteiger partial charge in [0.05, 0.1) is 0 Å². The molecule has 0 aromatic heterocycles. The summed E-state index contributed by atoms with van der Waals surface area (Å²) in [5.41, 5.74) is 0.183. The van der Waals surface area contributed by atoms with E-state index in [1.54, 1.807) is 12.3 Å². The summed E-state index contributed by atoms with van der Waals surface area (Å²) in [7, 11) is 0. The highest BCUT2D eigenvalue weighted by atomic mass is 16.4. The molecule has 0 saturated carbocycles. The number of allylic oxidation sites excluding steroid dienone is 2. The molecule has 1 aliphatic heterocycles. The van der Waals surface area contributed by atoms with E-state index in [4.69, 9.17) is 5.11 Å². The van der Waals surface area contributed by atoms with E-state index in [0.717, 1.165) is 12.0 Å². The van der Waals surface area contributed by atoms with Crippen LogP contribution in [0.25, 0.3) is 0 Å². The fourth-order valence-corrected chi connectivity index (χ4v) is 1.40. The van der Waals surface area contributed by atoms with Crippen LogP contribution in [0.5, 0.6) is 0 Å². The van der Waals surface area contributed by atoms with E-state index in [1.807, 2.05) is 19.9 Å². The van der Waals surface area contributed by atoms with Gasteiger partial charge in [-0.1, -0.05) is 13.8 Å². The first-order chi connectivity index (χ1) is 6.14. The lowest BCUT2D eigenvalue weighted by atomic mass is 9.90. The van der Waals surface area contributed by atoms with Crippen molar-refractivity contribution in [3.63, 3.8) is 0 Å². The molecule has 13 heavy (non-hydrogen) atoms. The molecule has 0 amide bonds. The molecule has 0 aromatic rings. The summed E-state index contributed by atoms with van der Waals surface area (Å²) in [6.07, 6.45) is 6.85. The first-order valence-corrected chi connectivity index (χ1v) is 4.54. The van der Waals surface area contributed by atoms with Crippen molar-refractivity contribution in [2.75, 3.05) is 0 Å². The highest BCUT2D eigenvalue weighted by Crippen LogP contribution is 2.20. The second-order valence-electron chi connectivity index (χ2n) is 3.18. The van der Waals surface area contributed by atoms with Gasteiger partial charge in [-0.2, -0.15) is 0 Å². The lowest BCUT2D eigenvalue weighted by molar-refractivity contribution is -0.142. The summed E-state index contributed by atoms with van der Waals surface area (Å²) in [5.74, 6) is -0.815. The van der Waals surface area contributed by atoms with Gasteiger partial charge in [-0.25, -0.2) is 4.79 Å². The Morgan fingerprint density at radius 1 is 1.62 bits per heavy atom. The van der Waals surface area contributed by atoms with Crippen molar-refractivity contribution in [1.82, 2.24) is 5.32 Å². The third-order valence-electron chi connectivity index (χ3n) is 2.42. The number of carboxylic acid groups (broad SMARTS) is 1. The Hall–Kier alpha value is -1.25. The van der Waals surface area contributed by atoms with Crippen molar-refractivity contribution >= 4 is 5.97 Å². The molecule has 0 bridgehead atoms. The Morgan fingerprint density at radius 3 is 2.77 bits per heavy atom. The second kappa shape index (κ2) is 3.64. The van der Waals surface area contributed by atoms with Gasteiger partial charge in [-0.15, -0.1) is 0 Å². The lowest BCUT2D eigenvalue weighted by Crippen LogP contribution is -2.48. The van der Waals surface area contributed by atoms with Crippen molar-refractivity contribution in [1.29, 1.82) is 0 Å². The zero-order valence-corrected chi connectivity index (χ0v) is 8.00. The Labute approximate surface area is 78.1 Å². The smallest absolute Gasteiger partial charge is 0.333 e. The van der Waals surface area contributed by atoms with Gasteiger partial charge >= 0.3 is 5.97 Å². The maximum absolute atomic E-state index is 11.0. The zero-order chi connectivity index (χ0) is 9.90. The summed E-state index contributed by atoms with van der Waals surface area (Å²) in [5, 5.41) is 12.0. The molecule has 1 atom stereocenters. The first-order valence-electron chi connectivity index (χ1n) is 4.54. The molecule has 3 heteroatoms. The van der Waals surface area contributed by atoms with Crippen LogP contribution in [0.4, 0.5) is 0 Å². The van der Waals surface area contributed by atoms with E-state index >= 15 is 0 Å². The molecule has 0 saturated heterocycles. The fraction of sp³-hybridized carbons (Fsp3) is 0.500. The van der Waals surface area contributed by atoms with Crippen molar-refractivity contribution < 1.29 is 9.90 Å². The topological polar surface area (TPSA) is 49.3 Å². The van der Waals surface area contributed by atoms with Crippen LogP contribution in [-0.2, 0) is 4.79 Å². The molecular formula is C10H15NO2. The Kier molecular flexibility index (Phi) is 2.76. The standard InChI is InChI=1S/C10H15NO2/c1-3-8-5-6-11-10(4-2,7-8)9(12)13/h5-7,11H,3-4H2,1-2H3,(H,12,13). The van der Waals surface area contributed by atoms with Crippen molar-refractivity contribution in [2.45, 2.75) is 32.2 Å². The SMILES string of the molecule is CCC1=CC(CC)(C(=O)O)NC=C1. The van der Waals surface area contributed by atoms with Crippen LogP contribution in [0.2, 0.25) is 0 Å². The number of carboxylic acids is 1. The molecule has 2 N–H and O–H groups in total. The van der Waals surface area contributed by atoms with Gasteiger partial charge in [0, 0.05) is 0 Å². The van der Waals surface area contributed by atoms with Gasteiger partial charge in [0.1, 0.15) is 0 Å². The average molecular weight is 181 g/mol. The van der Waals surface area contributed by atoms with Crippen molar-refractivity contribution in [3.05, 3.63) is 23.9 Å². The molecule has 0 aliphatic carbocycles. The maximum Gasteiger partial charge on any atom is 0.333 e. The van der Waals surface area contributed by atoms with E-state index in [0.29, 0.717) is 6.42 Å². The van der Waals surface area contributed by atoms with Gasteiger partial charge in [0.25, 0.3) is 0 Å². The first kappa shape index (κ1) is 9.84. The van der Waals surface area contributed by atoms with E-state index < -0.39 is 11.5 Å². The zero-order valence-electron chi connectivity index (χ0n) is 8.00. The van der Waals surface area contributed by atoms with Crippen LogP contribution in [-0.4, -0.2) is 16.6 Å². The van der Waals surface area contributed by atoms with Crippen LogP contribution in [0.15, 0.2) is 23.9 Å². The molecular weight excluding hydrogens is 166 g/mol. The number of hydrogen-bond acceptors (Lipinski definition) is 2.